The van der Waals surface area contributed by atoms with Crippen molar-refractivity contribution in [2.75, 3.05) is 0 Å². The van der Waals surface area contributed by atoms with Gasteiger partial charge in [0.25, 0.3) is 0 Å². The number of benzene rings is 2. The zero-order valence-electron chi connectivity index (χ0n) is 9.15. The van der Waals surface area contributed by atoms with Crippen LogP contribution < -0.4 is 0 Å². The van der Waals surface area contributed by atoms with Crippen LogP contribution >= 0.6 is 23.2 Å². The molecule has 0 radical (unpaired) electrons. The van der Waals surface area contributed by atoms with Crippen LogP contribution in [0.4, 0.5) is 0 Å². The molecule has 3 aromatic rings. The molecule has 0 aliphatic rings. The monoisotopic (exact) mass is 278 g/mol. The predicted molar refractivity (Wildman–Crippen MR) is 73.3 cm³/mol. The third kappa shape index (κ3) is 1.84. The zero-order chi connectivity index (χ0) is 12.7. The van der Waals surface area contributed by atoms with Gasteiger partial charge >= 0.3 is 0 Å². The van der Waals surface area contributed by atoms with Gasteiger partial charge in [-0.1, -0.05) is 35.3 Å². The number of hydrogen-bond acceptors (Lipinski definition) is 2. The molecule has 18 heavy (non-hydrogen) atoms. The number of fused-ring (bicyclic) bond motifs is 1. The Bertz CT molecular complexity index is 732. The first-order valence-corrected chi connectivity index (χ1v) is 6.08. The lowest BCUT2D eigenvalue weighted by atomic mass is 10.1. The van der Waals surface area contributed by atoms with E-state index in [-0.39, 0.29) is 5.75 Å². The van der Waals surface area contributed by atoms with Crippen molar-refractivity contribution in [1.82, 2.24) is 0 Å². The van der Waals surface area contributed by atoms with Crippen molar-refractivity contribution in [2.45, 2.75) is 0 Å². The van der Waals surface area contributed by atoms with Gasteiger partial charge in [0.2, 0.25) is 0 Å². The van der Waals surface area contributed by atoms with Crippen molar-refractivity contribution in [3.05, 3.63) is 52.5 Å². The Morgan fingerprint density at radius 3 is 2.61 bits per heavy atom. The molecular formula is C14H8Cl2O2. The van der Waals surface area contributed by atoms with Gasteiger partial charge in [-0.15, -0.1) is 0 Å². The molecule has 0 atom stereocenters. The minimum absolute atomic E-state index is 0.120. The Kier molecular flexibility index (Phi) is 2.69. The summed E-state index contributed by atoms with van der Waals surface area (Å²) in [5.74, 6) is 0.660. The van der Waals surface area contributed by atoms with E-state index in [0.717, 1.165) is 5.39 Å². The lowest BCUT2D eigenvalue weighted by Crippen LogP contribution is -1.75. The van der Waals surface area contributed by atoms with E-state index < -0.39 is 0 Å². The van der Waals surface area contributed by atoms with E-state index in [1.54, 1.807) is 18.2 Å². The van der Waals surface area contributed by atoms with Crippen LogP contribution in [-0.4, -0.2) is 5.11 Å². The topological polar surface area (TPSA) is 33.4 Å². The fraction of sp³-hybridized carbons (Fsp3) is 0. The third-order valence-electron chi connectivity index (χ3n) is 2.72. The minimum atomic E-state index is 0.120. The zero-order valence-corrected chi connectivity index (χ0v) is 10.7. The average Bonchev–Trinajstić information content (AvgIpc) is 2.77. The molecule has 2 nitrogen and oxygen atoms in total. The van der Waals surface area contributed by atoms with Gasteiger partial charge < -0.3 is 9.52 Å². The van der Waals surface area contributed by atoms with Crippen molar-refractivity contribution in [2.24, 2.45) is 0 Å². The van der Waals surface area contributed by atoms with E-state index in [0.29, 0.717) is 27.0 Å². The first-order chi connectivity index (χ1) is 8.65. The molecule has 1 N–H and O–H groups in total. The van der Waals surface area contributed by atoms with E-state index in [2.05, 4.69) is 0 Å². The van der Waals surface area contributed by atoms with Crippen LogP contribution in [0.1, 0.15) is 0 Å². The summed E-state index contributed by atoms with van der Waals surface area (Å²) < 4.78 is 5.67. The highest BCUT2D eigenvalue weighted by Gasteiger charge is 2.12. The third-order valence-corrected chi connectivity index (χ3v) is 3.25. The molecule has 3 rings (SSSR count). The second kappa shape index (κ2) is 4.23. The molecule has 0 saturated heterocycles. The molecule has 0 saturated carbocycles. The molecule has 0 unspecified atom stereocenters. The minimum Gasteiger partial charge on any atom is -0.507 e. The van der Waals surface area contributed by atoms with E-state index >= 15 is 0 Å². The Labute approximate surface area is 113 Å². The second-order valence-electron chi connectivity index (χ2n) is 3.93. The highest BCUT2D eigenvalue weighted by Crippen LogP contribution is 2.37. The van der Waals surface area contributed by atoms with Crippen LogP contribution in [0.5, 0.6) is 5.75 Å². The average molecular weight is 279 g/mol. The largest absolute Gasteiger partial charge is 0.507 e. The number of hydrogen-bond donors (Lipinski definition) is 1. The molecule has 0 bridgehead atoms. The van der Waals surface area contributed by atoms with Crippen LogP contribution in [-0.2, 0) is 0 Å². The number of phenols is 1. The summed E-state index contributed by atoms with van der Waals surface area (Å²) in [5.41, 5.74) is 1.16. The summed E-state index contributed by atoms with van der Waals surface area (Å²) in [5, 5.41) is 11.8. The van der Waals surface area contributed by atoms with Crippen LogP contribution in [0.2, 0.25) is 10.0 Å². The number of aromatic hydroxyl groups is 1. The number of rotatable bonds is 1. The van der Waals surface area contributed by atoms with E-state index in [1.165, 1.54) is 6.07 Å². The van der Waals surface area contributed by atoms with Crippen molar-refractivity contribution < 1.29 is 9.52 Å². The smallest absolute Gasteiger partial charge is 0.153 e. The highest BCUT2D eigenvalue weighted by molar-refractivity contribution is 6.35. The summed E-state index contributed by atoms with van der Waals surface area (Å²) in [7, 11) is 0. The molecule has 4 heteroatoms. The predicted octanol–water partition coefficient (Wildman–Crippen LogP) is 5.11. The van der Waals surface area contributed by atoms with Crippen LogP contribution in [0.25, 0.3) is 22.3 Å². The Balaban J connectivity index is 2.26. The quantitative estimate of drug-likeness (QED) is 0.671. The van der Waals surface area contributed by atoms with Gasteiger partial charge in [0.15, 0.2) is 5.58 Å². The van der Waals surface area contributed by atoms with Gasteiger partial charge in [0.1, 0.15) is 11.5 Å². The van der Waals surface area contributed by atoms with Crippen molar-refractivity contribution in [3.63, 3.8) is 0 Å². The number of furan rings is 1. The number of para-hydroxylation sites is 1. The maximum Gasteiger partial charge on any atom is 0.153 e. The first-order valence-electron chi connectivity index (χ1n) is 5.32. The van der Waals surface area contributed by atoms with Gasteiger partial charge in [-0.2, -0.15) is 0 Å². The molecule has 1 heterocycles. The molecule has 1 aromatic heterocycles. The Morgan fingerprint density at radius 1 is 1.00 bits per heavy atom. The molecule has 2 aromatic carbocycles. The lowest BCUT2D eigenvalue weighted by Gasteiger charge is -2.01. The van der Waals surface area contributed by atoms with Gasteiger partial charge in [0.05, 0.1) is 10.6 Å². The van der Waals surface area contributed by atoms with Gasteiger partial charge in [-0.05, 0) is 30.3 Å². The van der Waals surface area contributed by atoms with Gasteiger partial charge in [0, 0.05) is 10.4 Å². The highest BCUT2D eigenvalue weighted by atomic mass is 35.5. The Morgan fingerprint density at radius 2 is 1.83 bits per heavy atom. The molecular weight excluding hydrogens is 271 g/mol. The number of phenolic OH excluding ortho intramolecular Hbond substituents is 1. The SMILES string of the molecule is Oc1ccc(Cl)cc1-c1cc2cccc(Cl)c2o1. The maximum atomic E-state index is 9.83. The van der Waals surface area contributed by atoms with Crippen LogP contribution in [0, 0.1) is 0 Å². The Hall–Kier alpha value is -1.64. The molecule has 0 fully saturated rings. The van der Waals surface area contributed by atoms with Gasteiger partial charge in [-0.3, -0.25) is 0 Å². The molecule has 0 aliphatic carbocycles. The summed E-state index contributed by atoms with van der Waals surface area (Å²) in [6, 6.07) is 12.1. The fourth-order valence-electron chi connectivity index (χ4n) is 1.87. The standard InChI is InChI=1S/C14H8Cl2O2/c15-9-4-5-12(17)10(7-9)13-6-8-2-1-3-11(16)14(8)18-13/h1-7,17H. The van der Waals surface area contributed by atoms with Crippen LogP contribution in [0.15, 0.2) is 46.9 Å². The lowest BCUT2D eigenvalue weighted by molar-refractivity contribution is 0.475. The second-order valence-corrected chi connectivity index (χ2v) is 4.77. The van der Waals surface area contributed by atoms with Crippen molar-refractivity contribution in [1.29, 1.82) is 0 Å². The van der Waals surface area contributed by atoms with Crippen molar-refractivity contribution in [3.8, 4) is 17.1 Å². The maximum absolute atomic E-state index is 9.83. The summed E-state index contributed by atoms with van der Waals surface area (Å²) in [6.45, 7) is 0. The summed E-state index contributed by atoms with van der Waals surface area (Å²) >= 11 is 12.0. The summed E-state index contributed by atoms with van der Waals surface area (Å²) in [6.07, 6.45) is 0. The molecule has 0 aliphatic heterocycles. The normalized spacial score (nSPS) is 11.0. The molecule has 0 amide bonds. The summed E-state index contributed by atoms with van der Waals surface area (Å²) in [4.78, 5) is 0. The molecule has 90 valence electrons. The van der Waals surface area contributed by atoms with Crippen LogP contribution in [0.3, 0.4) is 0 Å². The van der Waals surface area contributed by atoms with E-state index in [9.17, 15) is 5.11 Å². The van der Waals surface area contributed by atoms with E-state index in [1.807, 2.05) is 18.2 Å². The fourth-order valence-corrected chi connectivity index (χ4v) is 2.26. The van der Waals surface area contributed by atoms with Gasteiger partial charge in [-0.25, -0.2) is 0 Å². The molecule has 0 spiro atoms. The van der Waals surface area contributed by atoms with E-state index in [4.69, 9.17) is 27.6 Å². The number of halogens is 2. The first kappa shape index (κ1) is 11.5. The van der Waals surface area contributed by atoms with Crippen molar-refractivity contribution >= 4 is 34.2 Å².